The summed E-state index contributed by atoms with van der Waals surface area (Å²) in [6, 6.07) is 10.2. The van der Waals surface area contributed by atoms with E-state index in [-0.39, 0.29) is 6.61 Å². The normalized spacial score (nSPS) is 10.6. The van der Waals surface area contributed by atoms with Crippen LogP contribution in [0.25, 0.3) is 0 Å². The van der Waals surface area contributed by atoms with Crippen molar-refractivity contribution < 1.29 is 5.11 Å². The van der Waals surface area contributed by atoms with Gasteiger partial charge in [-0.3, -0.25) is 0 Å². The Bertz CT molecular complexity index is 499. The summed E-state index contributed by atoms with van der Waals surface area (Å²) in [4.78, 5) is 3.67. The number of hydrogen-bond donors (Lipinski definition) is 1. The van der Waals surface area contributed by atoms with Crippen LogP contribution in [0, 0.1) is 0 Å². The van der Waals surface area contributed by atoms with Crippen molar-refractivity contribution in [2.24, 2.45) is 0 Å². The lowest BCUT2D eigenvalue weighted by Gasteiger charge is -2.24. The second kappa shape index (κ2) is 6.36. The van der Waals surface area contributed by atoms with Crippen molar-refractivity contribution in [3.8, 4) is 0 Å². The maximum absolute atomic E-state index is 9.12. The van der Waals surface area contributed by atoms with Gasteiger partial charge in [-0.05, 0) is 52.0 Å². The van der Waals surface area contributed by atoms with Gasteiger partial charge in [0.05, 0.1) is 18.8 Å². The second-order valence-electron chi connectivity index (χ2n) is 4.04. The lowest BCUT2D eigenvalue weighted by molar-refractivity contribution is 0.282. The third kappa shape index (κ3) is 3.13. The van der Waals surface area contributed by atoms with Crippen LogP contribution in [0.2, 0.25) is 0 Å². The fourth-order valence-corrected chi connectivity index (χ4v) is 3.26. The van der Waals surface area contributed by atoms with Crippen molar-refractivity contribution in [1.29, 1.82) is 0 Å². The highest BCUT2D eigenvalue weighted by Gasteiger charge is 2.10. The minimum absolute atomic E-state index is 0.0793. The van der Waals surface area contributed by atoms with Crippen LogP contribution >= 0.6 is 27.3 Å². The molecular weight excluding hydrogens is 310 g/mol. The number of anilines is 1. The lowest BCUT2D eigenvalue weighted by Crippen LogP contribution is -2.21. The summed E-state index contributed by atoms with van der Waals surface area (Å²) in [6.45, 7) is 4.11. The van der Waals surface area contributed by atoms with Gasteiger partial charge in [-0.1, -0.05) is 12.1 Å². The molecule has 0 bridgehead atoms. The molecule has 0 radical (unpaired) electrons. The molecule has 2 rings (SSSR count). The average Bonchev–Trinajstić information content (AvgIpc) is 2.89. The van der Waals surface area contributed by atoms with Crippen molar-refractivity contribution in [2.75, 3.05) is 11.4 Å². The molecule has 0 amide bonds. The molecule has 1 heterocycles. The lowest BCUT2D eigenvalue weighted by atomic mass is 10.2. The highest BCUT2D eigenvalue weighted by atomic mass is 79.9. The molecule has 18 heavy (non-hydrogen) atoms. The molecule has 0 unspecified atom stereocenters. The molecule has 0 saturated carbocycles. The fraction of sp³-hybridized carbons (Fsp3) is 0.286. The van der Waals surface area contributed by atoms with E-state index in [1.807, 2.05) is 12.1 Å². The quantitative estimate of drug-likeness (QED) is 0.897. The largest absolute Gasteiger partial charge is 0.392 e. The monoisotopic (exact) mass is 325 g/mol. The summed E-state index contributed by atoms with van der Waals surface area (Å²) in [5.74, 6) is 0. The van der Waals surface area contributed by atoms with Crippen molar-refractivity contribution in [3.63, 3.8) is 0 Å². The third-order valence-electron chi connectivity index (χ3n) is 2.84. The van der Waals surface area contributed by atoms with Gasteiger partial charge in [-0.15, -0.1) is 11.3 Å². The van der Waals surface area contributed by atoms with Gasteiger partial charge in [-0.2, -0.15) is 0 Å². The number of rotatable bonds is 5. The molecule has 1 aromatic carbocycles. The number of thiophene rings is 1. The standard InChI is InChI=1S/C14H16BrNOS/c1-2-16(9-12-4-3-7-18-12)14-6-5-11(10-17)8-13(14)15/h3-8,17H,2,9-10H2,1H3. The molecule has 4 heteroatoms. The van der Waals surface area contributed by atoms with E-state index in [2.05, 4.69) is 51.3 Å². The Morgan fingerprint density at radius 1 is 1.33 bits per heavy atom. The Morgan fingerprint density at radius 3 is 2.72 bits per heavy atom. The van der Waals surface area contributed by atoms with Crippen LogP contribution in [0.15, 0.2) is 40.2 Å². The molecule has 96 valence electrons. The number of halogens is 1. The highest BCUT2D eigenvalue weighted by molar-refractivity contribution is 9.10. The molecule has 0 atom stereocenters. The molecule has 1 aromatic heterocycles. The van der Waals surface area contributed by atoms with Crippen LogP contribution in [0.5, 0.6) is 0 Å². The minimum Gasteiger partial charge on any atom is -0.392 e. The number of hydrogen-bond acceptors (Lipinski definition) is 3. The molecule has 2 aromatic rings. The fourth-order valence-electron chi connectivity index (χ4n) is 1.86. The zero-order valence-corrected chi connectivity index (χ0v) is 12.7. The third-order valence-corrected chi connectivity index (χ3v) is 4.34. The minimum atomic E-state index is 0.0793. The molecule has 0 saturated heterocycles. The van der Waals surface area contributed by atoms with E-state index in [0.29, 0.717) is 0 Å². The Kier molecular flexibility index (Phi) is 4.80. The number of aliphatic hydroxyl groups excluding tert-OH is 1. The van der Waals surface area contributed by atoms with Gasteiger partial charge < -0.3 is 10.0 Å². The Balaban J connectivity index is 2.22. The van der Waals surface area contributed by atoms with E-state index in [0.717, 1.165) is 23.1 Å². The summed E-state index contributed by atoms with van der Waals surface area (Å²) in [5, 5.41) is 11.2. The van der Waals surface area contributed by atoms with Gasteiger partial charge >= 0.3 is 0 Å². The van der Waals surface area contributed by atoms with E-state index in [9.17, 15) is 0 Å². The average molecular weight is 326 g/mol. The Labute approximate surface area is 120 Å². The van der Waals surface area contributed by atoms with Crippen LogP contribution in [0.3, 0.4) is 0 Å². The van der Waals surface area contributed by atoms with E-state index in [1.165, 1.54) is 10.6 Å². The van der Waals surface area contributed by atoms with Crippen LogP contribution < -0.4 is 4.90 Å². The first-order valence-corrected chi connectivity index (χ1v) is 7.58. The van der Waals surface area contributed by atoms with Gasteiger partial charge in [0.1, 0.15) is 0 Å². The van der Waals surface area contributed by atoms with Gasteiger partial charge in [-0.25, -0.2) is 0 Å². The Morgan fingerprint density at radius 2 is 2.17 bits per heavy atom. The summed E-state index contributed by atoms with van der Waals surface area (Å²) >= 11 is 5.36. The van der Waals surface area contributed by atoms with Crippen molar-refractivity contribution in [3.05, 3.63) is 50.6 Å². The molecule has 0 aliphatic heterocycles. The molecule has 0 spiro atoms. The first kappa shape index (κ1) is 13.6. The van der Waals surface area contributed by atoms with Crippen molar-refractivity contribution in [1.82, 2.24) is 0 Å². The van der Waals surface area contributed by atoms with Gasteiger partial charge in [0.15, 0.2) is 0 Å². The van der Waals surface area contributed by atoms with Crippen LogP contribution in [-0.2, 0) is 13.2 Å². The first-order valence-electron chi connectivity index (χ1n) is 5.91. The zero-order valence-electron chi connectivity index (χ0n) is 10.3. The van der Waals surface area contributed by atoms with Crippen LogP contribution in [0.1, 0.15) is 17.4 Å². The molecule has 0 aliphatic rings. The topological polar surface area (TPSA) is 23.5 Å². The SMILES string of the molecule is CCN(Cc1cccs1)c1ccc(CO)cc1Br. The maximum Gasteiger partial charge on any atom is 0.0682 e. The molecule has 0 aliphatic carbocycles. The zero-order chi connectivity index (χ0) is 13.0. The predicted octanol–water partition coefficient (Wildman–Crippen LogP) is 4.03. The molecule has 2 nitrogen and oxygen atoms in total. The van der Waals surface area contributed by atoms with E-state index >= 15 is 0 Å². The Hall–Kier alpha value is -0.840. The summed E-state index contributed by atoms with van der Waals surface area (Å²) in [5.41, 5.74) is 2.10. The first-order chi connectivity index (χ1) is 8.74. The number of benzene rings is 1. The summed E-state index contributed by atoms with van der Waals surface area (Å²) < 4.78 is 1.03. The second-order valence-corrected chi connectivity index (χ2v) is 5.92. The summed E-state index contributed by atoms with van der Waals surface area (Å²) in [7, 11) is 0. The summed E-state index contributed by atoms with van der Waals surface area (Å²) in [6.07, 6.45) is 0. The van der Waals surface area contributed by atoms with Crippen molar-refractivity contribution in [2.45, 2.75) is 20.1 Å². The maximum atomic E-state index is 9.12. The van der Waals surface area contributed by atoms with E-state index in [1.54, 1.807) is 11.3 Å². The predicted molar refractivity (Wildman–Crippen MR) is 81.1 cm³/mol. The van der Waals surface area contributed by atoms with Gasteiger partial charge in [0.25, 0.3) is 0 Å². The van der Waals surface area contributed by atoms with E-state index in [4.69, 9.17) is 5.11 Å². The molecule has 0 fully saturated rings. The number of aliphatic hydroxyl groups is 1. The van der Waals surface area contributed by atoms with E-state index < -0.39 is 0 Å². The van der Waals surface area contributed by atoms with Crippen LogP contribution in [-0.4, -0.2) is 11.7 Å². The van der Waals surface area contributed by atoms with Crippen LogP contribution in [0.4, 0.5) is 5.69 Å². The number of nitrogens with zero attached hydrogens (tertiary/aromatic N) is 1. The smallest absolute Gasteiger partial charge is 0.0682 e. The van der Waals surface area contributed by atoms with Gasteiger partial charge in [0.2, 0.25) is 0 Å². The van der Waals surface area contributed by atoms with Crippen molar-refractivity contribution >= 4 is 33.0 Å². The molecular formula is C14H16BrNOS. The van der Waals surface area contributed by atoms with Gasteiger partial charge in [0, 0.05) is 15.9 Å². The highest BCUT2D eigenvalue weighted by Crippen LogP contribution is 2.29. The molecule has 1 N–H and O–H groups in total.